The van der Waals surface area contributed by atoms with Crippen molar-refractivity contribution in [2.45, 2.75) is 13.8 Å². The Morgan fingerprint density at radius 1 is 1.25 bits per heavy atom. The highest BCUT2D eigenvalue weighted by Gasteiger charge is 1.79. The van der Waals surface area contributed by atoms with E-state index in [1.807, 2.05) is 26.0 Å². The summed E-state index contributed by atoms with van der Waals surface area (Å²) in [6.45, 7) is 4.00. The Kier molecular flexibility index (Phi) is 5.43. The lowest BCUT2D eigenvalue weighted by molar-refractivity contribution is 1.21. The third-order valence-electron chi connectivity index (χ3n) is 1.21. The number of hydrogen-bond donors (Lipinski definition) is 2. The standard InChI is InChI=1S/C7H9N3.C2H6/c8-4-6-2-1-3-10-7(6)5-9;1-2/h1-5H,8-9H2;1-2H3/b6-4-,7-5+;. The first-order valence-electron chi connectivity index (χ1n) is 3.93. The molecule has 0 aliphatic heterocycles. The van der Waals surface area contributed by atoms with E-state index in [4.69, 9.17) is 11.5 Å². The zero-order valence-corrected chi connectivity index (χ0v) is 7.49. The van der Waals surface area contributed by atoms with Gasteiger partial charge in [0.1, 0.15) is 0 Å². The predicted molar refractivity (Wildman–Crippen MR) is 52.1 cm³/mol. The molecule has 0 saturated heterocycles. The normalized spacial score (nSPS) is 12.2. The van der Waals surface area contributed by atoms with E-state index in [2.05, 4.69) is 4.98 Å². The Labute approximate surface area is 72.4 Å². The Bertz CT molecular complexity index is 284. The molecule has 0 radical (unpaired) electrons. The van der Waals surface area contributed by atoms with Crippen LogP contribution in [-0.4, -0.2) is 4.98 Å². The summed E-state index contributed by atoms with van der Waals surface area (Å²) in [5.74, 6) is 0. The average Bonchev–Trinajstić information content (AvgIpc) is 2.20. The molecule has 1 heterocycles. The van der Waals surface area contributed by atoms with Crippen LogP contribution in [0.5, 0.6) is 0 Å². The minimum absolute atomic E-state index is 0.713. The molecule has 3 heteroatoms. The molecule has 0 aliphatic carbocycles. The molecular formula is C9H15N3. The van der Waals surface area contributed by atoms with Crippen molar-refractivity contribution in [1.82, 2.24) is 4.98 Å². The maximum absolute atomic E-state index is 5.29. The highest BCUT2D eigenvalue weighted by molar-refractivity contribution is 5.23. The molecule has 12 heavy (non-hydrogen) atoms. The summed E-state index contributed by atoms with van der Waals surface area (Å²) in [5.41, 5.74) is 10.5. The van der Waals surface area contributed by atoms with Crippen molar-refractivity contribution in [3.8, 4) is 0 Å². The van der Waals surface area contributed by atoms with Crippen LogP contribution in [0.1, 0.15) is 13.8 Å². The molecule has 1 aromatic heterocycles. The van der Waals surface area contributed by atoms with Crippen molar-refractivity contribution in [2.24, 2.45) is 11.5 Å². The van der Waals surface area contributed by atoms with E-state index in [1.165, 1.54) is 12.4 Å². The maximum atomic E-state index is 5.29. The number of nitrogens with zero attached hydrogens (tertiary/aromatic N) is 1. The van der Waals surface area contributed by atoms with Gasteiger partial charge in [-0.1, -0.05) is 13.8 Å². The fraction of sp³-hybridized carbons (Fsp3) is 0.222. The van der Waals surface area contributed by atoms with Crippen molar-refractivity contribution >= 4 is 12.4 Å². The average molecular weight is 165 g/mol. The van der Waals surface area contributed by atoms with Gasteiger partial charge in [0.15, 0.2) is 0 Å². The van der Waals surface area contributed by atoms with E-state index in [-0.39, 0.29) is 0 Å². The molecule has 0 fully saturated rings. The van der Waals surface area contributed by atoms with Crippen LogP contribution in [-0.2, 0) is 0 Å². The summed E-state index contributed by atoms with van der Waals surface area (Å²) >= 11 is 0. The highest BCUT2D eigenvalue weighted by atomic mass is 14.7. The molecule has 0 amide bonds. The minimum Gasteiger partial charge on any atom is -0.404 e. The van der Waals surface area contributed by atoms with Gasteiger partial charge in [-0.3, -0.25) is 4.98 Å². The second-order valence-corrected chi connectivity index (χ2v) is 1.81. The Morgan fingerprint density at radius 2 is 1.92 bits per heavy atom. The molecule has 1 aromatic rings. The molecule has 1 rings (SSSR count). The van der Waals surface area contributed by atoms with Crippen molar-refractivity contribution in [1.29, 1.82) is 0 Å². The molecule has 4 N–H and O–H groups in total. The number of aromatic nitrogens is 1. The van der Waals surface area contributed by atoms with Crippen LogP contribution in [0, 0.1) is 0 Å². The van der Waals surface area contributed by atoms with Crippen molar-refractivity contribution < 1.29 is 0 Å². The van der Waals surface area contributed by atoms with Gasteiger partial charge < -0.3 is 11.5 Å². The first kappa shape index (κ1) is 10.5. The molecule has 0 bridgehead atoms. The fourth-order valence-electron chi connectivity index (χ4n) is 0.710. The zero-order chi connectivity index (χ0) is 9.40. The van der Waals surface area contributed by atoms with E-state index < -0.39 is 0 Å². The number of pyridine rings is 1. The zero-order valence-electron chi connectivity index (χ0n) is 7.49. The van der Waals surface area contributed by atoms with Crippen LogP contribution in [0.3, 0.4) is 0 Å². The van der Waals surface area contributed by atoms with Crippen LogP contribution in [0.2, 0.25) is 0 Å². The second kappa shape index (κ2) is 6.22. The topological polar surface area (TPSA) is 64.9 Å². The van der Waals surface area contributed by atoms with E-state index in [0.717, 1.165) is 5.22 Å². The van der Waals surface area contributed by atoms with E-state index in [1.54, 1.807) is 6.20 Å². The lowest BCUT2D eigenvalue weighted by Gasteiger charge is -1.84. The van der Waals surface area contributed by atoms with Crippen LogP contribution in [0.25, 0.3) is 12.4 Å². The number of nitrogens with two attached hydrogens (primary N) is 2. The van der Waals surface area contributed by atoms with Gasteiger partial charge >= 0.3 is 0 Å². The van der Waals surface area contributed by atoms with Crippen molar-refractivity contribution in [3.63, 3.8) is 0 Å². The molecule has 0 aromatic carbocycles. The summed E-state index contributed by atoms with van der Waals surface area (Å²) in [6.07, 6.45) is 4.58. The molecule has 66 valence electrons. The van der Waals surface area contributed by atoms with Crippen molar-refractivity contribution in [2.75, 3.05) is 0 Å². The molecule has 0 spiro atoms. The first-order valence-corrected chi connectivity index (χ1v) is 3.93. The summed E-state index contributed by atoms with van der Waals surface area (Å²) < 4.78 is 0. The Balaban J connectivity index is 0.000000561. The van der Waals surface area contributed by atoms with E-state index in [9.17, 15) is 0 Å². The molecule has 0 unspecified atom stereocenters. The highest BCUT2D eigenvalue weighted by Crippen LogP contribution is 1.62. The Hall–Kier alpha value is -1.51. The van der Waals surface area contributed by atoms with E-state index in [0.29, 0.717) is 5.35 Å². The monoisotopic (exact) mass is 165 g/mol. The van der Waals surface area contributed by atoms with Crippen LogP contribution >= 0.6 is 0 Å². The van der Waals surface area contributed by atoms with Gasteiger partial charge in [-0.05, 0) is 12.1 Å². The maximum Gasteiger partial charge on any atom is 0.0870 e. The van der Waals surface area contributed by atoms with Crippen LogP contribution in [0.15, 0.2) is 18.3 Å². The van der Waals surface area contributed by atoms with Gasteiger partial charge in [-0.15, -0.1) is 0 Å². The summed E-state index contributed by atoms with van der Waals surface area (Å²) in [6, 6.07) is 3.66. The molecule has 0 aliphatic rings. The number of rotatable bonds is 0. The predicted octanol–water partition coefficient (Wildman–Crippen LogP) is -0.499. The first-order chi connectivity index (χ1) is 5.88. The smallest absolute Gasteiger partial charge is 0.0870 e. The molecule has 0 atom stereocenters. The van der Waals surface area contributed by atoms with Gasteiger partial charge in [0.25, 0.3) is 0 Å². The van der Waals surface area contributed by atoms with Gasteiger partial charge in [-0.2, -0.15) is 0 Å². The summed E-state index contributed by atoms with van der Waals surface area (Å²) in [7, 11) is 0. The Morgan fingerprint density at radius 3 is 2.33 bits per heavy atom. The van der Waals surface area contributed by atoms with Gasteiger partial charge in [-0.25, -0.2) is 0 Å². The fourth-order valence-corrected chi connectivity index (χ4v) is 0.710. The summed E-state index contributed by atoms with van der Waals surface area (Å²) in [5, 5.41) is 1.56. The molecular weight excluding hydrogens is 150 g/mol. The van der Waals surface area contributed by atoms with E-state index >= 15 is 0 Å². The lowest BCUT2D eigenvalue weighted by atomic mass is 10.4. The quantitative estimate of drug-likeness (QED) is 0.545. The van der Waals surface area contributed by atoms with Gasteiger partial charge in [0.2, 0.25) is 0 Å². The third kappa shape index (κ3) is 2.62. The van der Waals surface area contributed by atoms with Gasteiger partial charge in [0.05, 0.1) is 5.35 Å². The SMILES string of the molecule is CC.N/C=c1/cccn/c1=C/N. The molecule has 0 saturated carbocycles. The van der Waals surface area contributed by atoms with Crippen LogP contribution < -0.4 is 22.0 Å². The third-order valence-corrected chi connectivity index (χ3v) is 1.21. The van der Waals surface area contributed by atoms with Crippen LogP contribution in [0.4, 0.5) is 0 Å². The van der Waals surface area contributed by atoms with Gasteiger partial charge in [0, 0.05) is 23.8 Å². The minimum atomic E-state index is 0.713. The lowest BCUT2D eigenvalue weighted by Crippen LogP contribution is -2.29. The summed E-state index contributed by atoms with van der Waals surface area (Å²) in [4.78, 5) is 3.98. The second-order valence-electron chi connectivity index (χ2n) is 1.81. The largest absolute Gasteiger partial charge is 0.404 e. The molecule has 3 nitrogen and oxygen atoms in total. The number of hydrogen-bond acceptors (Lipinski definition) is 3. The van der Waals surface area contributed by atoms with Crippen molar-refractivity contribution in [3.05, 3.63) is 28.9 Å².